The Labute approximate surface area is 696 Å². The number of hydrogen-bond donors (Lipinski definition) is 0. The van der Waals surface area contributed by atoms with Gasteiger partial charge in [-0.1, -0.05) is 431 Å². The van der Waals surface area contributed by atoms with Gasteiger partial charge < -0.3 is 4.57 Å². The van der Waals surface area contributed by atoms with Gasteiger partial charge in [0.15, 0.2) is 51.1 Å². The van der Waals surface area contributed by atoms with Gasteiger partial charge in [0.25, 0.3) is 0 Å². The third-order valence-corrected chi connectivity index (χ3v) is 32.7. The molecule has 0 aliphatic carbocycles. The minimum atomic E-state index is -2.82. The number of rotatable bonds is 19. The third-order valence-electron chi connectivity index (χ3n) is 23.2. The molecule has 0 fully saturated rings. The van der Waals surface area contributed by atoms with Crippen molar-refractivity contribution in [3.05, 3.63) is 501 Å². The third kappa shape index (κ3) is 14.0. The van der Waals surface area contributed by atoms with Crippen molar-refractivity contribution < 1.29 is 0 Å². The highest BCUT2D eigenvalue weighted by molar-refractivity contribution is 7.20. The Balaban J connectivity index is 0.000000159. The number of para-hydroxylation sites is 2. The molecule has 119 heavy (non-hydrogen) atoms. The molecule has 0 aliphatic heterocycles. The van der Waals surface area contributed by atoms with Crippen molar-refractivity contribution in [1.82, 2.24) is 34.5 Å². The van der Waals surface area contributed by atoms with Crippen LogP contribution in [0.5, 0.6) is 0 Å². The summed E-state index contributed by atoms with van der Waals surface area (Å²) in [5.74, 6) is 3.80. The van der Waals surface area contributed by atoms with Crippen LogP contribution in [0.4, 0.5) is 0 Å². The zero-order valence-corrected chi connectivity index (χ0v) is 67.7. The lowest BCUT2D eigenvalue weighted by molar-refractivity contribution is 0.745. The fourth-order valence-corrected chi connectivity index (χ4v) is 27.4. The highest BCUT2D eigenvalue weighted by Crippen LogP contribution is 2.46. The molecular weight excluding hydrogens is 1480 g/mol. The molecule has 17 aromatic carbocycles. The molecule has 0 saturated heterocycles. The van der Waals surface area contributed by atoms with Crippen LogP contribution < -0.4 is 41.5 Å². The van der Waals surface area contributed by atoms with Crippen molar-refractivity contribution in [2.45, 2.75) is 12.3 Å². The molecule has 9 heteroatoms. The molecule has 20 rings (SSSR count). The first-order valence-electron chi connectivity index (χ1n) is 40.5. The van der Waals surface area contributed by atoms with Crippen molar-refractivity contribution in [1.29, 1.82) is 0 Å². The predicted octanol–water partition coefficient (Wildman–Crippen LogP) is 20.3. The molecule has 0 saturated carbocycles. The van der Waals surface area contributed by atoms with Gasteiger partial charge in [0.1, 0.15) is 0 Å². The number of aryl methyl sites for hydroxylation is 1. The number of aromatic nitrogens is 7. The van der Waals surface area contributed by atoms with E-state index in [4.69, 9.17) is 29.9 Å². The Morgan fingerprint density at radius 2 is 0.487 bits per heavy atom. The number of nitrogens with zero attached hydrogens (tertiary/aromatic N) is 7. The zero-order chi connectivity index (χ0) is 79.8. The van der Waals surface area contributed by atoms with Gasteiger partial charge in [-0.2, -0.15) is 0 Å². The molecule has 0 unspecified atom stereocenters. The number of fused-ring (bicyclic) bond motifs is 3. The number of benzene rings is 17. The minimum absolute atomic E-state index is 0.617. The smallest absolute Gasteiger partial charge is 0.179 e. The largest absolute Gasteiger partial charge is 0.309 e. The Bertz CT molecular complexity index is 6420. The van der Waals surface area contributed by atoms with Gasteiger partial charge in [-0.3, -0.25) is 0 Å². The summed E-state index contributed by atoms with van der Waals surface area (Å²) < 4.78 is 2.33. The van der Waals surface area contributed by atoms with Crippen LogP contribution in [-0.2, 0) is 5.41 Å². The summed E-state index contributed by atoms with van der Waals surface area (Å²) in [7, 11) is -5.60. The topological polar surface area (TPSA) is 82.3 Å². The van der Waals surface area contributed by atoms with E-state index < -0.39 is 21.6 Å². The Morgan fingerprint density at radius 1 is 0.202 bits per heavy atom. The summed E-state index contributed by atoms with van der Waals surface area (Å²) in [5.41, 5.74) is 14.2. The molecule has 0 bridgehead atoms. The van der Waals surface area contributed by atoms with Crippen molar-refractivity contribution in [2.24, 2.45) is 0 Å². The van der Waals surface area contributed by atoms with Crippen LogP contribution in [0.1, 0.15) is 27.8 Å². The van der Waals surface area contributed by atoms with E-state index in [1.807, 2.05) is 18.2 Å². The molecule has 564 valence electrons. The van der Waals surface area contributed by atoms with Gasteiger partial charge >= 0.3 is 0 Å². The molecule has 3 aromatic heterocycles. The summed E-state index contributed by atoms with van der Waals surface area (Å²) in [6.45, 7) is 2.12. The Kier molecular flexibility index (Phi) is 20.6. The Morgan fingerprint density at radius 3 is 0.899 bits per heavy atom. The minimum Gasteiger partial charge on any atom is -0.309 e. The van der Waals surface area contributed by atoms with E-state index in [1.54, 1.807) is 0 Å². The molecule has 0 aliphatic rings. The van der Waals surface area contributed by atoms with Gasteiger partial charge in [0.05, 0.1) is 16.4 Å². The van der Waals surface area contributed by atoms with E-state index in [0.717, 1.165) is 66.6 Å². The van der Waals surface area contributed by atoms with Crippen LogP contribution in [0, 0.1) is 6.92 Å². The molecule has 0 radical (unpaired) electrons. The van der Waals surface area contributed by atoms with Gasteiger partial charge in [-0.15, -0.1) is 0 Å². The first kappa shape index (κ1) is 74.1. The maximum Gasteiger partial charge on any atom is 0.179 e. The molecule has 0 N–H and O–H groups in total. The first-order chi connectivity index (χ1) is 58.9. The zero-order valence-electron chi connectivity index (χ0n) is 65.7. The van der Waals surface area contributed by atoms with Crippen molar-refractivity contribution in [2.75, 3.05) is 0 Å². The molecule has 20 aromatic rings. The van der Waals surface area contributed by atoms with Crippen LogP contribution in [0.15, 0.2) is 473 Å². The normalized spacial score (nSPS) is 11.6. The van der Waals surface area contributed by atoms with Gasteiger partial charge in [0, 0.05) is 49.8 Å². The summed E-state index contributed by atoms with van der Waals surface area (Å²) in [4.78, 5) is 31.6. The highest BCUT2D eigenvalue weighted by Gasteiger charge is 2.44. The summed E-state index contributed by atoms with van der Waals surface area (Å²) in [6.07, 6.45) is 0. The average molecular weight is 1560 g/mol. The van der Waals surface area contributed by atoms with E-state index in [9.17, 15) is 0 Å². The van der Waals surface area contributed by atoms with E-state index in [1.165, 1.54) is 63.6 Å². The second-order valence-electron chi connectivity index (χ2n) is 30.0. The van der Waals surface area contributed by atoms with Crippen LogP contribution >= 0.6 is 0 Å². The second-order valence-corrected chi connectivity index (χ2v) is 37.6. The molecule has 0 spiro atoms. The first-order valence-corrected chi connectivity index (χ1v) is 44.5. The molecule has 0 atom stereocenters. The van der Waals surface area contributed by atoms with E-state index in [0.29, 0.717) is 34.9 Å². The van der Waals surface area contributed by atoms with Crippen LogP contribution in [0.2, 0.25) is 0 Å². The second kappa shape index (κ2) is 33.1. The fraction of sp³-hybridized carbons (Fsp3) is 0.0182. The molecular formula is C110H81N7Si2. The fourth-order valence-electron chi connectivity index (χ4n) is 17.8. The van der Waals surface area contributed by atoms with Crippen molar-refractivity contribution >= 4 is 79.4 Å². The Hall–Kier alpha value is -15.0. The predicted molar refractivity (Wildman–Crippen MR) is 497 cm³/mol. The maximum absolute atomic E-state index is 5.41. The molecule has 7 nitrogen and oxygen atoms in total. The van der Waals surface area contributed by atoms with Gasteiger partial charge in [-0.05, 0) is 119 Å². The van der Waals surface area contributed by atoms with Gasteiger partial charge in [0.2, 0.25) is 0 Å². The van der Waals surface area contributed by atoms with E-state index in [-0.39, 0.29) is 0 Å². The van der Waals surface area contributed by atoms with E-state index in [2.05, 4.69) is 466 Å². The van der Waals surface area contributed by atoms with Gasteiger partial charge in [-0.25, -0.2) is 29.9 Å². The average Bonchev–Trinajstić information content (AvgIpc) is 1.62. The summed E-state index contributed by atoms with van der Waals surface area (Å²) >= 11 is 0. The van der Waals surface area contributed by atoms with Crippen LogP contribution in [-0.4, -0.2) is 50.6 Å². The van der Waals surface area contributed by atoms with Crippen molar-refractivity contribution in [3.63, 3.8) is 0 Å². The lowest BCUT2D eigenvalue weighted by Gasteiger charge is -2.37. The quantitative estimate of drug-likeness (QED) is 0.0593. The van der Waals surface area contributed by atoms with Crippen molar-refractivity contribution in [3.8, 4) is 74.0 Å². The lowest BCUT2D eigenvalue weighted by atomic mass is 9.65. The monoisotopic (exact) mass is 1560 g/mol. The standard InChI is InChI=1S/C59H45N3Si.C51H36N4Si/c1-44-24-20-21-41-55(44)58-61-56(45-25-22-33-50(42-45)59(47-27-8-2-9-28-47,48-29-10-3-11-30-48)49-31-12-4-13-32-49)60-57(62-58)46-26-23-40-54(43-46)63(51-34-14-5-15-35-51,52-36-16-6-17-37-52)53-38-18-7-19-39-53;1-6-19-37(20-7-1)49-52-50(54-51(53-49)39-33-34-48-46(36-39)45-31-16-17-32-47(45)55(48)40-22-8-2-9-23-40)38-21-18-30-44(35-38)56(41-24-10-3-11-25-41,42-26-12-4-13-27-42)43-28-14-5-15-29-43/h2-43H,1H3;1-36H. The SMILES string of the molecule is Cc1ccccc1-c1nc(-c2cccc(C(c3ccccc3)(c3ccccc3)c3ccccc3)c2)nc(-c2cccc([Si](c3ccccc3)(c3ccccc3)c3ccccc3)c2)n1.c1ccc(-c2nc(-c3cccc([Si](c4ccccc4)(c4ccccc4)c4ccccc4)c3)nc(-c3ccc4c(c3)c3ccccc3n4-c3ccccc3)n2)cc1. The summed E-state index contributed by atoms with van der Waals surface area (Å²) in [5, 5.41) is 12.7. The highest BCUT2D eigenvalue weighted by atomic mass is 28.3. The van der Waals surface area contributed by atoms with Crippen LogP contribution in [0.25, 0.3) is 95.8 Å². The summed E-state index contributed by atoms with van der Waals surface area (Å²) in [6, 6.07) is 169. The van der Waals surface area contributed by atoms with E-state index >= 15 is 0 Å². The molecule has 0 amide bonds. The van der Waals surface area contributed by atoms with Crippen LogP contribution in [0.3, 0.4) is 0 Å². The maximum atomic E-state index is 5.41. The molecule has 3 heterocycles. The lowest BCUT2D eigenvalue weighted by Crippen LogP contribution is -2.74. The number of hydrogen-bond acceptors (Lipinski definition) is 6.